The highest BCUT2D eigenvalue weighted by Crippen LogP contribution is 2.34. The smallest absolute Gasteiger partial charge is 0.312 e. The molecule has 0 amide bonds. The van der Waals surface area contributed by atoms with E-state index in [0.29, 0.717) is 23.1 Å². The zero-order valence-corrected chi connectivity index (χ0v) is 20.4. The third-order valence-electron chi connectivity index (χ3n) is 5.92. The standard InChI is InChI=1S/C25H25F3N4OS/c1-6-32-23-19(12-18(24(32)33)25(26,27)28)30-22(31(23)4)21-20(34-5)11-17(13-29-21)16-9-7-15(8-10-16)14(2)3/h7-14H,6H2,1-5H3. The molecule has 0 unspecified atom stereocenters. The van der Waals surface area contributed by atoms with Gasteiger partial charge < -0.3 is 4.57 Å². The molecule has 0 atom stereocenters. The van der Waals surface area contributed by atoms with Crippen molar-refractivity contribution >= 4 is 22.9 Å². The highest BCUT2D eigenvalue weighted by Gasteiger charge is 2.36. The maximum Gasteiger partial charge on any atom is 0.421 e. The number of hydrogen-bond acceptors (Lipinski definition) is 4. The average molecular weight is 487 g/mol. The minimum absolute atomic E-state index is 0.0896. The van der Waals surface area contributed by atoms with Gasteiger partial charge in [-0.15, -0.1) is 11.8 Å². The number of imidazole rings is 1. The third kappa shape index (κ3) is 4.13. The van der Waals surface area contributed by atoms with Crippen molar-refractivity contribution in [1.29, 1.82) is 0 Å². The number of pyridine rings is 2. The Bertz CT molecular complexity index is 1420. The van der Waals surface area contributed by atoms with E-state index in [-0.39, 0.29) is 12.1 Å². The molecule has 34 heavy (non-hydrogen) atoms. The van der Waals surface area contributed by atoms with Crippen LogP contribution in [-0.4, -0.2) is 25.4 Å². The summed E-state index contributed by atoms with van der Waals surface area (Å²) in [4.78, 5) is 22.5. The van der Waals surface area contributed by atoms with Gasteiger partial charge >= 0.3 is 6.18 Å². The lowest BCUT2D eigenvalue weighted by Gasteiger charge is -2.12. The Morgan fingerprint density at radius 2 is 1.76 bits per heavy atom. The van der Waals surface area contributed by atoms with Crippen LogP contribution < -0.4 is 5.56 Å². The fraction of sp³-hybridized carbons (Fsp3) is 0.320. The number of aryl methyl sites for hydroxylation is 2. The number of aromatic nitrogens is 4. The maximum atomic E-state index is 13.5. The zero-order chi connectivity index (χ0) is 24.8. The highest BCUT2D eigenvalue weighted by molar-refractivity contribution is 7.98. The lowest BCUT2D eigenvalue weighted by Crippen LogP contribution is -2.29. The van der Waals surface area contributed by atoms with Gasteiger partial charge in [-0.1, -0.05) is 38.1 Å². The predicted octanol–water partition coefficient (Wildman–Crippen LogP) is 6.35. The van der Waals surface area contributed by atoms with Crippen LogP contribution in [-0.2, 0) is 19.8 Å². The molecule has 0 aliphatic rings. The number of halogens is 3. The lowest BCUT2D eigenvalue weighted by atomic mass is 9.99. The SMILES string of the molecule is CCn1c(=O)c(C(F)(F)F)cc2nc(-c3ncc(-c4ccc(C(C)C)cc4)cc3SC)n(C)c21. The van der Waals surface area contributed by atoms with Gasteiger partial charge in [0, 0.05) is 30.2 Å². The summed E-state index contributed by atoms with van der Waals surface area (Å²) in [5.41, 5.74) is 1.91. The molecule has 4 aromatic rings. The highest BCUT2D eigenvalue weighted by atomic mass is 32.2. The number of thioether (sulfide) groups is 1. The second-order valence-electron chi connectivity index (χ2n) is 8.36. The van der Waals surface area contributed by atoms with E-state index in [9.17, 15) is 18.0 Å². The van der Waals surface area contributed by atoms with Crippen LogP contribution in [0.4, 0.5) is 13.2 Å². The van der Waals surface area contributed by atoms with Gasteiger partial charge in [0.2, 0.25) is 0 Å². The van der Waals surface area contributed by atoms with Crippen LogP contribution in [0.2, 0.25) is 0 Å². The molecule has 0 spiro atoms. The molecular weight excluding hydrogens is 461 g/mol. The van der Waals surface area contributed by atoms with E-state index in [4.69, 9.17) is 0 Å². The van der Waals surface area contributed by atoms with Crippen molar-refractivity contribution in [1.82, 2.24) is 19.1 Å². The molecule has 0 N–H and O–H groups in total. The van der Waals surface area contributed by atoms with Crippen LogP contribution in [0.25, 0.3) is 33.8 Å². The van der Waals surface area contributed by atoms with Crippen molar-refractivity contribution in [2.24, 2.45) is 7.05 Å². The van der Waals surface area contributed by atoms with Crippen molar-refractivity contribution in [2.45, 2.75) is 44.3 Å². The predicted molar refractivity (Wildman–Crippen MR) is 130 cm³/mol. The topological polar surface area (TPSA) is 52.7 Å². The van der Waals surface area contributed by atoms with Crippen LogP contribution in [0, 0.1) is 0 Å². The van der Waals surface area contributed by atoms with Gasteiger partial charge in [0.1, 0.15) is 22.4 Å². The van der Waals surface area contributed by atoms with E-state index in [1.54, 1.807) is 24.7 Å². The Morgan fingerprint density at radius 3 is 2.32 bits per heavy atom. The summed E-state index contributed by atoms with van der Waals surface area (Å²) in [6.45, 7) is 6.01. The number of fused-ring (bicyclic) bond motifs is 1. The molecule has 0 saturated heterocycles. The summed E-state index contributed by atoms with van der Waals surface area (Å²) in [6.07, 6.45) is -1.10. The van der Waals surface area contributed by atoms with Gasteiger partial charge in [-0.3, -0.25) is 14.3 Å². The molecule has 1 aromatic carbocycles. The van der Waals surface area contributed by atoms with E-state index in [0.717, 1.165) is 26.7 Å². The van der Waals surface area contributed by atoms with Gasteiger partial charge in [-0.25, -0.2) is 4.98 Å². The fourth-order valence-corrected chi connectivity index (χ4v) is 4.64. The van der Waals surface area contributed by atoms with Crippen molar-refractivity contribution in [3.05, 3.63) is 64.1 Å². The van der Waals surface area contributed by atoms with Crippen molar-refractivity contribution < 1.29 is 13.2 Å². The summed E-state index contributed by atoms with van der Waals surface area (Å²) in [6, 6.07) is 11.1. The zero-order valence-electron chi connectivity index (χ0n) is 19.6. The molecule has 9 heteroatoms. The molecule has 4 rings (SSSR count). The summed E-state index contributed by atoms with van der Waals surface area (Å²) < 4.78 is 43.1. The Kier molecular flexibility index (Phi) is 6.33. The molecule has 0 saturated carbocycles. The minimum atomic E-state index is -4.75. The Hall–Kier alpha value is -3.07. The van der Waals surface area contributed by atoms with E-state index in [1.807, 2.05) is 12.3 Å². The number of hydrogen-bond donors (Lipinski definition) is 0. The molecule has 0 bridgehead atoms. The van der Waals surface area contributed by atoms with Crippen molar-refractivity contribution in [3.63, 3.8) is 0 Å². The van der Waals surface area contributed by atoms with Gasteiger partial charge in [0.25, 0.3) is 5.56 Å². The molecular formula is C25H25F3N4OS. The first-order valence-electron chi connectivity index (χ1n) is 10.9. The monoisotopic (exact) mass is 486 g/mol. The van der Waals surface area contributed by atoms with Gasteiger partial charge in [0.05, 0.1) is 0 Å². The minimum Gasteiger partial charge on any atom is -0.312 e. The fourth-order valence-electron chi connectivity index (χ4n) is 4.06. The number of alkyl halides is 3. The molecule has 0 aliphatic carbocycles. The van der Waals surface area contributed by atoms with Crippen molar-refractivity contribution in [3.8, 4) is 22.6 Å². The average Bonchev–Trinajstić information content (AvgIpc) is 3.13. The van der Waals surface area contributed by atoms with E-state index in [2.05, 4.69) is 48.1 Å². The van der Waals surface area contributed by atoms with Crippen LogP contribution in [0.15, 0.2) is 52.3 Å². The van der Waals surface area contributed by atoms with Gasteiger partial charge in [-0.2, -0.15) is 13.2 Å². The van der Waals surface area contributed by atoms with Crippen LogP contribution in [0.5, 0.6) is 0 Å². The van der Waals surface area contributed by atoms with Gasteiger partial charge in [-0.05, 0) is 42.4 Å². The molecule has 0 fully saturated rings. The normalized spacial score (nSPS) is 12.1. The summed E-state index contributed by atoms with van der Waals surface area (Å²) in [5, 5.41) is 0. The van der Waals surface area contributed by atoms with E-state index >= 15 is 0 Å². The van der Waals surface area contributed by atoms with Crippen molar-refractivity contribution in [2.75, 3.05) is 6.26 Å². The molecule has 5 nitrogen and oxygen atoms in total. The van der Waals surface area contributed by atoms with Gasteiger partial charge in [0.15, 0.2) is 5.82 Å². The molecule has 0 radical (unpaired) electrons. The Labute approximate surface area is 199 Å². The second kappa shape index (κ2) is 8.94. The first kappa shape index (κ1) is 24.1. The second-order valence-corrected chi connectivity index (χ2v) is 9.21. The van der Waals surface area contributed by atoms with E-state index in [1.165, 1.54) is 17.3 Å². The summed E-state index contributed by atoms with van der Waals surface area (Å²) in [5.74, 6) is 0.842. The lowest BCUT2D eigenvalue weighted by molar-refractivity contribution is -0.138. The molecule has 178 valence electrons. The first-order chi connectivity index (χ1) is 16.1. The van der Waals surface area contributed by atoms with Crippen LogP contribution in [0.3, 0.4) is 0 Å². The number of rotatable bonds is 5. The van der Waals surface area contributed by atoms with Crippen LogP contribution >= 0.6 is 11.8 Å². The maximum absolute atomic E-state index is 13.5. The third-order valence-corrected chi connectivity index (χ3v) is 6.67. The number of nitrogens with zero attached hydrogens (tertiary/aromatic N) is 4. The number of benzene rings is 1. The van der Waals surface area contributed by atoms with E-state index < -0.39 is 17.3 Å². The summed E-state index contributed by atoms with van der Waals surface area (Å²) >= 11 is 1.48. The quantitative estimate of drug-likeness (QED) is 0.309. The molecule has 3 aromatic heterocycles. The summed E-state index contributed by atoms with van der Waals surface area (Å²) in [7, 11) is 1.69. The Balaban J connectivity index is 1.87. The van der Waals surface area contributed by atoms with Crippen LogP contribution in [0.1, 0.15) is 37.8 Å². The largest absolute Gasteiger partial charge is 0.421 e. The molecule has 0 aliphatic heterocycles. The first-order valence-corrected chi connectivity index (χ1v) is 12.1. The molecule has 3 heterocycles. The Morgan fingerprint density at radius 1 is 1.09 bits per heavy atom.